The Labute approximate surface area is 190 Å². The Kier molecular flexibility index (Phi) is 14.5. The van der Waals surface area contributed by atoms with Crippen LogP contribution in [0.5, 0.6) is 0 Å². The van der Waals surface area contributed by atoms with E-state index >= 15 is 0 Å². The molecule has 2 aliphatic rings. The normalized spacial score (nSPS) is 21.6. The summed E-state index contributed by atoms with van der Waals surface area (Å²) >= 11 is 0. The van der Waals surface area contributed by atoms with Crippen LogP contribution < -0.4 is 10.6 Å². The molecule has 7 heteroatoms. The first-order chi connectivity index (χ1) is 13.2. The van der Waals surface area contributed by atoms with Gasteiger partial charge in [0.15, 0.2) is 5.96 Å². The average Bonchev–Trinajstić information content (AvgIpc) is 2.97. The summed E-state index contributed by atoms with van der Waals surface area (Å²) in [7, 11) is 1.87. The van der Waals surface area contributed by atoms with Crippen molar-refractivity contribution in [3.05, 3.63) is 0 Å². The number of likely N-dealkylation sites (tertiary alicyclic amines) is 1. The molecule has 0 aromatic heterocycles. The largest absolute Gasteiger partial charge is 0.356 e. The van der Waals surface area contributed by atoms with E-state index in [0.29, 0.717) is 5.92 Å². The van der Waals surface area contributed by atoms with Crippen molar-refractivity contribution in [2.24, 2.45) is 10.9 Å². The number of halogens is 1. The molecular weight excluding hydrogens is 463 g/mol. The van der Waals surface area contributed by atoms with Crippen molar-refractivity contribution in [2.45, 2.75) is 46.0 Å². The van der Waals surface area contributed by atoms with E-state index in [4.69, 9.17) is 0 Å². The molecule has 2 saturated heterocycles. The summed E-state index contributed by atoms with van der Waals surface area (Å²) in [6.07, 6.45) is 6.78. The Morgan fingerprint density at radius 1 is 0.893 bits per heavy atom. The van der Waals surface area contributed by atoms with E-state index in [1.807, 2.05) is 7.05 Å². The predicted octanol–water partition coefficient (Wildman–Crippen LogP) is 2.31. The highest BCUT2D eigenvalue weighted by Gasteiger charge is 2.17. The molecule has 0 spiro atoms. The highest BCUT2D eigenvalue weighted by atomic mass is 127. The zero-order chi connectivity index (χ0) is 19.3. The highest BCUT2D eigenvalue weighted by Crippen LogP contribution is 2.09. The Bertz CT molecular complexity index is 404. The van der Waals surface area contributed by atoms with Gasteiger partial charge in [0.1, 0.15) is 0 Å². The van der Waals surface area contributed by atoms with Crippen LogP contribution in [0, 0.1) is 5.92 Å². The second-order valence-corrected chi connectivity index (χ2v) is 8.33. The molecule has 0 amide bonds. The minimum atomic E-state index is 0. The lowest BCUT2D eigenvalue weighted by molar-refractivity contribution is 0.124. The molecule has 28 heavy (non-hydrogen) atoms. The van der Waals surface area contributed by atoms with Gasteiger partial charge in [0, 0.05) is 52.9 Å². The van der Waals surface area contributed by atoms with Crippen LogP contribution in [0.25, 0.3) is 0 Å². The minimum absolute atomic E-state index is 0. The van der Waals surface area contributed by atoms with Gasteiger partial charge in [0.25, 0.3) is 0 Å². The van der Waals surface area contributed by atoms with Gasteiger partial charge in [-0.3, -0.25) is 4.99 Å². The Morgan fingerprint density at radius 3 is 2.14 bits per heavy atom. The lowest BCUT2D eigenvalue weighted by atomic mass is 10.1. The lowest BCUT2D eigenvalue weighted by Gasteiger charge is -2.35. The van der Waals surface area contributed by atoms with Crippen LogP contribution in [-0.2, 0) is 0 Å². The van der Waals surface area contributed by atoms with Crippen molar-refractivity contribution in [2.75, 3.05) is 79.0 Å². The zero-order valence-electron chi connectivity index (χ0n) is 18.6. The third kappa shape index (κ3) is 10.6. The maximum Gasteiger partial charge on any atom is 0.190 e. The molecule has 0 saturated carbocycles. The number of likely N-dealkylation sites (N-methyl/N-ethyl adjacent to an activating group) is 1. The maximum absolute atomic E-state index is 4.39. The van der Waals surface area contributed by atoms with Crippen molar-refractivity contribution in [1.82, 2.24) is 25.3 Å². The van der Waals surface area contributed by atoms with Gasteiger partial charge in [-0.2, -0.15) is 0 Å². The molecule has 1 atom stereocenters. The topological polar surface area (TPSA) is 46.1 Å². The lowest BCUT2D eigenvalue weighted by Crippen LogP contribution is -2.48. The highest BCUT2D eigenvalue weighted by molar-refractivity contribution is 14.0. The monoisotopic (exact) mass is 508 g/mol. The van der Waals surface area contributed by atoms with Crippen LogP contribution in [0.2, 0.25) is 0 Å². The number of nitrogens with zero attached hydrogens (tertiary/aromatic N) is 4. The van der Waals surface area contributed by atoms with Gasteiger partial charge in [0.2, 0.25) is 0 Å². The summed E-state index contributed by atoms with van der Waals surface area (Å²) in [5, 5.41) is 7.00. The molecule has 0 bridgehead atoms. The number of rotatable bonds is 9. The molecule has 2 rings (SSSR count). The number of hydrogen-bond acceptors (Lipinski definition) is 4. The van der Waals surface area contributed by atoms with E-state index in [-0.39, 0.29) is 24.0 Å². The van der Waals surface area contributed by atoms with E-state index in [9.17, 15) is 0 Å². The Morgan fingerprint density at radius 2 is 1.54 bits per heavy atom. The summed E-state index contributed by atoms with van der Waals surface area (Å²) in [4.78, 5) is 12.2. The maximum atomic E-state index is 4.39. The summed E-state index contributed by atoms with van der Waals surface area (Å²) in [6.45, 7) is 17.6. The van der Waals surface area contributed by atoms with E-state index in [2.05, 4.69) is 44.2 Å². The van der Waals surface area contributed by atoms with E-state index in [1.54, 1.807) is 0 Å². The fourth-order valence-electron chi connectivity index (χ4n) is 4.15. The summed E-state index contributed by atoms with van der Waals surface area (Å²) < 4.78 is 0. The number of guanidine groups is 1. The molecule has 2 heterocycles. The first-order valence-electron chi connectivity index (χ1n) is 11.3. The van der Waals surface area contributed by atoms with Gasteiger partial charge in [-0.15, -0.1) is 24.0 Å². The second-order valence-electron chi connectivity index (χ2n) is 8.33. The van der Waals surface area contributed by atoms with Gasteiger partial charge in [-0.1, -0.05) is 26.7 Å². The number of hydrogen-bond donors (Lipinski definition) is 2. The molecule has 6 nitrogen and oxygen atoms in total. The summed E-state index contributed by atoms with van der Waals surface area (Å²) in [5.41, 5.74) is 0. The van der Waals surface area contributed by atoms with Gasteiger partial charge in [-0.05, 0) is 51.4 Å². The van der Waals surface area contributed by atoms with E-state index in [1.165, 1.54) is 91.0 Å². The van der Waals surface area contributed by atoms with Crippen molar-refractivity contribution >= 4 is 29.9 Å². The van der Waals surface area contributed by atoms with Crippen LogP contribution in [0.15, 0.2) is 4.99 Å². The SMILES string of the molecule is CCN1CCN(CC(C)CNC(=NC)NCCCN2CCCCCC2)CC1.I. The second kappa shape index (κ2) is 15.7. The molecule has 2 fully saturated rings. The fraction of sp³-hybridized carbons (Fsp3) is 0.952. The fourth-order valence-corrected chi connectivity index (χ4v) is 4.15. The summed E-state index contributed by atoms with van der Waals surface area (Å²) in [6, 6.07) is 0. The van der Waals surface area contributed by atoms with Crippen molar-refractivity contribution < 1.29 is 0 Å². The van der Waals surface area contributed by atoms with Crippen molar-refractivity contribution in [3.8, 4) is 0 Å². The van der Waals surface area contributed by atoms with Gasteiger partial charge >= 0.3 is 0 Å². The van der Waals surface area contributed by atoms with Gasteiger partial charge in [0.05, 0.1) is 0 Å². The molecule has 0 aliphatic carbocycles. The molecule has 166 valence electrons. The van der Waals surface area contributed by atoms with Crippen LogP contribution in [0.4, 0.5) is 0 Å². The van der Waals surface area contributed by atoms with E-state index in [0.717, 1.165) is 19.0 Å². The molecule has 0 aromatic rings. The van der Waals surface area contributed by atoms with Crippen molar-refractivity contribution in [1.29, 1.82) is 0 Å². The minimum Gasteiger partial charge on any atom is -0.356 e. The van der Waals surface area contributed by atoms with Crippen LogP contribution >= 0.6 is 24.0 Å². The smallest absolute Gasteiger partial charge is 0.190 e. The molecule has 0 aromatic carbocycles. The number of piperazine rings is 1. The molecule has 1 unspecified atom stereocenters. The third-order valence-electron chi connectivity index (χ3n) is 5.97. The third-order valence-corrected chi connectivity index (χ3v) is 5.97. The average molecular weight is 509 g/mol. The first-order valence-corrected chi connectivity index (χ1v) is 11.3. The Balaban J connectivity index is 0.00000392. The van der Waals surface area contributed by atoms with Crippen LogP contribution in [0.1, 0.15) is 46.0 Å². The van der Waals surface area contributed by atoms with Gasteiger partial charge < -0.3 is 25.3 Å². The molecular formula is C21H45IN6. The van der Waals surface area contributed by atoms with Gasteiger partial charge in [-0.25, -0.2) is 0 Å². The van der Waals surface area contributed by atoms with Crippen LogP contribution in [0.3, 0.4) is 0 Å². The number of aliphatic imine (C=N–C) groups is 1. The predicted molar refractivity (Wildman–Crippen MR) is 132 cm³/mol. The summed E-state index contributed by atoms with van der Waals surface area (Å²) in [5.74, 6) is 1.59. The van der Waals surface area contributed by atoms with Crippen molar-refractivity contribution in [3.63, 3.8) is 0 Å². The number of nitrogens with one attached hydrogen (secondary N) is 2. The molecule has 2 N–H and O–H groups in total. The van der Waals surface area contributed by atoms with Crippen LogP contribution in [-0.4, -0.2) is 99.7 Å². The first kappa shape index (κ1) is 25.9. The quantitative estimate of drug-likeness (QED) is 0.217. The molecule has 2 aliphatic heterocycles. The molecule has 0 radical (unpaired) electrons. The standard InChI is InChI=1S/C21H44N6.HI/c1-4-25-14-16-27(17-15-25)19-20(2)18-24-21(22-3)23-10-9-13-26-11-7-5-6-8-12-26;/h20H,4-19H2,1-3H3,(H2,22,23,24);1H. The Hall–Kier alpha value is -0.120. The van der Waals surface area contributed by atoms with E-state index < -0.39 is 0 Å². The zero-order valence-corrected chi connectivity index (χ0v) is 20.9.